The maximum atomic E-state index is 12.6. The number of esters is 1. The highest BCUT2D eigenvalue weighted by atomic mass is 79.9. The summed E-state index contributed by atoms with van der Waals surface area (Å²) in [4.78, 5) is 60.0. The van der Waals surface area contributed by atoms with E-state index in [4.69, 9.17) is 4.74 Å². The summed E-state index contributed by atoms with van der Waals surface area (Å²) in [6.45, 7) is 1.73. The standard InChI is InChI=1S/C19H18BrN3O7S/c1-10-6-14(19(27)30-9-11-2-4-12(5-3-11)23(28)29)22-17(26)16(18(22)31-10)21-15(25)7-13(24)8-20/h2-6,10,16,18H,7-9H2,1H3,(H,21,25)/t10?,16?,18-/m0/s1. The van der Waals surface area contributed by atoms with Gasteiger partial charge in [0.15, 0.2) is 5.78 Å². The van der Waals surface area contributed by atoms with Crippen LogP contribution >= 0.6 is 27.7 Å². The number of nitrogens with zero attached hydrogens (tertiary/aromatic N) is 2. The van der Waals surface area contributed by atoms with Gasteiger partial charge >= 0.3 is 5.97 Å². The highest BCUT2D eigenvalue weighted by Crippen LogP contribution is 2.41. The Kier molecular flexibility index (Phi) is 7.11. The van der Waals surface area contributed by atoms with Crippen molar-refractivity contribution in [3.05, 3.63) is 51.7 Å². The third-order valence-electron chi connectivity index (χ3n) is 4.60. The summed E-state index contributed by atoms with van der Waals surface area (Å²) < 4.78 is 5.28. The van der Waals surface area contributed by atoms with Gasteiger partial charge in [-0.2, -0.15) is 0 Å². The zero-order valence-corrected chi connectivity index (χ0v) is 18.7. The van der Waals surface area contributed by atoms with Crippen LogP contribution in [0.2, 0.25) is 0 Å². The average Bonchev–Trinajstić information content (AvgIpc) is 2.75. The number of fused-ring (bicyclic) bond motifs is 1. The number of alkyl halides is 1. The molecule has 0 spiro atoms. The summed E-state index contributed by atoms with van der Waals surface area (Å²) in [6, 6.07) is 4.76. The van der Waals surface area contributed by atoms with E-state index < -0.39 is 34.1 Å². The SMILES string of the molecule is CC1C=C(C(=O)OCc2ccc([N+](=O)[O-])cc2)N2C(=O)C(NC(=O)CC(=O)CBr)[C@@H]2S1. The van der Waals surface area contributed by atoms with E-state index in [1.54, 1.807) is 6.08 Å². The first-order valence-corrected chi connectivity index (χ1v) is 11.3. The zero-order chi connectivity index (χ0) is 22.7. The van der Waals surface area contributed by atoms with Crippen molar-refractivity contribution in [2.24, 2.45) is 0 Å². The van der Waals surface area contributed by atoms with Crippen molar-refractivity contribution < 1.29 is 28.8 Å². The summed E-state index contributed by atoms with van der Waals surface area (Å²) in [6.07, 6.45) is 1.28. The number of β-lactam (4-membered cyclic amide) rings is 1. The van der Waals surface area contributed by atoms with Crippen LogP contribution in [-0.2, 0) is 30.5 Å². The lowest BCUT2D eigenvalue weighted by molar-refractivity contribution is -0.384. The third kappa shape index (κ3) is 5.13. The fourth-order valence-corrected chi connectivity index (χ4v) is 4.63. The number of carbonyl (C=O) groups is 4. The number of thioether (sulfide) groups is 1. The largest absolute Gasteiger partial charge is 0.456 e. The van der Waals surface area contributed by atoms with Gasteiger partial charge in [-0.25, -0.2) is 4.79 Å². The number of hydrogen-bond donors (Lipinski definition) is 1. The molecule has 31 heavy (non-hydrogen) atoms. The molecule has 2 unspecified atom stereocenters. The van der Waals surface area contributed by atoms with Gasteiger partial charge in [-0.05, 0) is 30.7 Å². The highest BCUT2D eigenvalue weighted by Gasteiger charge is 2.54. The Labute approximate surface area is 189 Å². The number of nitrogens with one attached hydrogen (secondary N) is 1. The number of ether oxygens (including phenoxy) is 1. The number of benzene rings is 1. The van der Waals surface area contributed by atoms with E-state index in [0.29, 0.717) is 5.56 Å². The molecular weight excluding hydrogens is 494 g/mol. The Morgan fingerprint density at radius 1 is 1.29 bits per heavy atom. The molecule has 1 fully saturated rings. The van der Waals surface area contributed by atoms with Gasteiger partial charge in [-0.1, -0.05) is 15.9 Å². The monoisotopic (exact) mass is 511 g/mol. The number of carbonyl (C=O) groups excluding carboxylic acids is 4. The molecule has 2 aliphatic heterocycles. The Morgan fingerprint density at radius 2 is 1.97 bits per heavy atom. The minimum Gasteiger partial charge on any atom is -0.456 e. The second-order valence-electron chi connectivity index (χ2n) is 6.89. The van der Waals surface area contributed by atoms with Gasteiger partial charge in [-0.15, -0.1) is 11.8 Å². The lowest BCUT2D eigenvalue weighted by atomic mass is 10.0. The third-order valence-corrected chi connectivity index (χ3v) is 6.55. The molecule has 1 aromatic rings. The summed E-state index contributed by atoms with van der Waals surface area (Å²) >= 11 is 4.39. The number of nitro benzene ring substituents is 1. The molecule has 2 amide bonds. The molecule has 1 saturated heterocycles. The van der Waals surface area contributed by atoms with Crippen LogP contribution in [0.15, 0.2) is 36.0 Å². The van der Waals surface area contributed by atoms with E-state index in [2.05, 4.69) is 21.2 Å². The molecule has 1 N–H and O–H groups in total. The maximum Gasteiger partial charge on any atom is 0.355 e. The van der Waals surface area contributed by atoms with E-state index >= 15 is 0 Å². The second kappa shape index (κ2) is 9.60. The minimum atomic E-state index is -0.825. The predicted molar refractivity (Wildman–Crippen MR) is 114 cm³/mol. The fraction of sp³-hybridized carbons (Fsp3) is 0.368. The first kappa shape index (κ1) is 22.9. The van der Waals surface area contributed by atoms with Crippen molar-refractivity contribution >= 4 is 56.9 Å². The topological polar surface area (TPSA) is 136 Å². The zero-order valence-electron chi connectivity index (χ0n) is 16.3. The van der Waals surface area contributed by atoms with Crippen LogP contribution in [0.1, 0.15) is 18.9 Å². The first-order valence-electron chi connectivity index (χ1n) is 9.19. The van der Waals surface area contributed by atoms with Crippen molar-refractivity contribution in [2.45, 2.75) is 36.6 Å². The van der Waals surface area contributed by atoms with Crippen LogP contribution in [0.5, 0.6) is 0 Å². The van der Waals surface area contributed by atoms with Crippen LogP contribution in [0, 0.1) is 10.1 Å². The quantitative estimate of drug-likeness (QED) is 0.139. The van der Waals surface area contributed by atoms with Gasteiger partial charge < -0.3 is 10.1 Å². The molecule has 3 atom stereocenters. The normalized spacial score (nSPS) is 22.0. The smallest absolute Gasteiger partial charge is 0.355 e. The molecule has 2 aliphatic rings. The molecule has 164 valence electrons. The number of Topliss-reactive ketones (excluding diaryl/α,β-unsaturated/α-hetero) is 1. The molecule has 0 bridgehead atoms. The number of non-ortho nitro benzene ring substituents is 1. The van der Waals surface area contributed by atoms with Crippen LogP contribution in [0.25, 0.3) is 0 Å². The highest BCUT2D eigenvalue weighted by molar-refractivity contribution is 9.09. The summed E-state index contributed by atoms with van der Waals surface area (Å²) in [5.41, 5.74) is 0.576. The first-order chi connectivity index (χ1) is 14.7. The van der Waals surface area contributed by atoms with Crippen molar-refractivity contribution in [1.82, 2.24) is 10.2 Å². The Morgan fingerprint density at radius 3 is 2.58 bits per heavy atom. The number of hydrogen-bond acceptors (Lipinski definition) is 8. The maximum absolute atomic E-state index is 12.6. The van der Waals surface area contributed by atoms with Gasteiger partial charge in [0.1, 0.15) is 23.7 Å². The molecule has 10 nitrogen and oxygen atoms in total. The van der Waals surface area contributed by atoms with Crippen molar-refractivity contribution in [1.29, 1.82) is 0 Å². The minimum absolute atomic E-state index is 0.0495. The second-order valence-corrected chi connectivity index (χ2v) is 8.95. The molecule has 0 radical (unpaired) electrons. The van der Waals surface area contributed by atoms with E-state index in [1.807, 2.05) is 6.92 Å². The molecule has 0 aliphatic carbocycles. The van der Waals surface area contributed by atoms with Crippen molar-refractivity contribution in [3.8, 4) is 0 Å². The number of nitro groups is 1. The van der Waals surface area contributed by atoms with Crippen LogP contribution in [0.3, 0.4) is 0 Å². The van der Waals surface area contributed by atoms with Crippen molar-refractivity contribution in [3.63, 3.8) is 0 Å². The fourth-order valence-electron chi connectivity index (χ4n) is 3.11. The average molecular weight is 512 g/mol. The lowest BCUT2D eigenvalue weighted by Gasteiger charge is -2.49. The molecule has 0 saturated carbocycles. The van der Waals surface area contributed by atoms with Crippen LogP contribution < -0.4 is 5.32 Å². The lowest BCUT2D eigenvalue weighted by Crippen LogP contribution is -2.70. The molecule has 1 aromatic carbocycles. The predicted octanol–water partition coefficient (Wildman–Crippen LogP) is 1.66. The molecule has 0 aromatic heterocycles. The van der Waals surface area contributed by atoms with Crippen molar-refractivity contribution in [2.75, 3.05) is 5.33 Å². The van der Waals surface area contributed by atoms with Gasteiger partial charge in [0, 0.05) is 17.4 Å². The van der Waals surface area contributed by atoms with E-state index in [1.165, 1.54) is 40.9 Å². The summed E-state index contributed by atoms with van der Waals surface area (Å²) in [7, 11) is 0. The Bertz CT molecular complexity index is 966. The number of rotatable bonds is 8. The Hall–Kier alpha value is -2.73. The summed E-state index contributed by atoms with van der Waals surface area (Å²) in [5, 5.41) is 12.7. The van der Waals surface area contributed by atoms with E-state index in [-0.39, 0.29) is 40.8 Å². The van der Waals surface area contributed by atoms with Gasteiger partial charge in [0.2, 0.25) is 5.91 Å². The van der Waals surface area contributed by atoms with Crippen LogP contribution in [-0.4, -0.2) is 55.4 Å². The van der Waals surface area contributed by atoms with Crippen LogP contribution in [0.4, 0.5) is 5.69 Å². The number of amides is 2. The molecule has 12 heteroatoms. The van der Waals surface area contributed by atoms with Gasteiger partial charge in [-0.3, -0.25) is 29.4 Å². The summed E-state index contributed by atoms with van der Waals surface area (Å²) in [5.74, 6) is -2.01. The van der Waals surface area contributed by atoms with E-state index in [0.717, 1.165) is 0 Å². The van der Waals surface area contributed by atoms with Gasteiger partial charge in [0.25, 0.3) is 11.6 Å². The molecule has 3 rings (SSSR count). The Balaban J connectivity index is 1.62. The van der Waals surface area contributed by atoms with E-state index in [9.17, 15) is 29.3 Å². The molecular formula is C19H18BrN3O7S. The van der Waals surface area contributed by atoms with Gasteiger partial charge in [0.05, 0.1) is 16.7 Å². The number of halogens is 1. The number of ketones is 1. The molecule has 2 heterocycles.